The lowest BCUT2D eigenvalue weighted by Crippen LogP contribution is -2.24. The van der Waals surface area contributed by atoms with Gasteiger partial charge in [-0.05, 0) is 31.2 Å². The highest BCUT2D eigenvalue weighted by Gasteiger charge is 2.32. The van der Waals surface area contributed by atoms with Crippen LogP contribution in [-0.4, -0.2) is 28.7 Å². The van der Waals surface area contributed by atoms with Crippen molar-refractivity contribution in [2.45, 2.75) is 32.2 Å². The summed E-state index contributed by atoms with van der Waals surface area (Å²) in [4.78, 5) is 25.4. The van der Waals surface area contributed by atoms with Crippen LogP contribution in [0.15, 0.2) is 17.1 Å². The molecule has 1 aromatic heterocycles. The van der Waals surface area contributed by atoms with E-state index >= 15 is 4.39 Å². The molecule has 4 rings (SSSR count). The van der Waals surface area contributed by atoms with Gasteiger partial charge in [-0.2, -0.15) is 0 Å². The first-order chi connectivity index (χ1) is 11.9. The second kappa shape index (κ2) is 5.54. The van der Waals surface area contributed by atoms with Crippen molar-refractivity contribution in [2.75, 3.05) is 18.0 Å². The molecule has 1 atom stereocenters. The summed E-state index contributed by atoms with van der Waals surface area (Å²) >= 11 is 0. The Kier molecular flexibility index (Phi) is 3.56. The number of rotatable bonds is 3. The maximum Gasteiger partial charge on any atom is 0.341 e. The topological polar surface area (TPSA) is 62.5 Å². The monoisotopic (exact) mass is 348 g/mol. The fraction of sp³-hybridized carbons (Fsp3) is 0.444. The molecule has 132 valence electrons. The minimum Gasteiger partial charge on any atom is -0.477 e. The van der Waals surface area contributed by atoms with E-state index in [4.69, 9.17) is 0 Å². The summed E-state index contributed by atoms with van der Waals surface area (Å²) in [6.45, 7) is 3.14. The van der Waals surface area contributed by atoms with E-state index in [2.05, 4.69) is 0 Å². The second-order valence-electron chi connectivity index (χ2n) is 7.07. The minimum absolute atomic E-state index is 0.00783. The molecule has 1 N–H and O–H groups in total. The van der Waals surface area contributed by atoms with Gasteiger partial charge in [-0.25, -0.2) is 13.6 Å². The predicted octanol–water partition coefficient (Wildman–Crippen LogP) is 3.16. The molecule has 1 saturated heterocycles. The zero-order valence-corrected chi connectivity index (χ0v) is 13.8. The van der Waals surface area contributed by atoms with Crippen molar-refractivity contribution >= 4 is 22.6 Å². The maximum atomic E-state index is 15.3. The molecule has 2 heterocycles. The van der Waals surface area contributed by atoms with Crippen molar-refractivity contribution in [3.63, 3.8) is 0 Å². The number of benzene rings is 1. The molecular weight excluding hydrogens is 330 g/mol. The molecule has 0 amide bonds. The van der Waals surface area contributed by atoms with E-state index < -0.39 is 28.6 Å². The Balaban J connectivity index is 2.03. The zero-order valence-electron chi connectivity index (χ0n) is 13.8. The van der Waals surface area contributed by atoms with Gasteiger partial charge in [0.25, 0.3) is 0 Å². The van der Waals surface area contributed by atoms with Gasteiger partial charge in [-0.15, -0.1) is 0 Å². The highest BCUT2D eigenvalue weighted by atomic mass is 19.1. The van der Waals surface area contributed by atoms with Gasteiger partial charge in [0.15, 0.2) is 5.82 Å². The molecule has 25 heavy (non-hydrogen) atoms. The number of hydrogen-bond donors (Lipinski definition) is 1. The quantitative estimate of drug-likeness (QED) is 0.926. The van der Waals surface area contributed by atoms with Crippen LogP contribution in [0, 0.1) is 17.6 Å². The summed E-state index contributed by atoms with van der Waals surface area (Å²) in [5, 5.41) is 9.03. The number of fused-ring (bicyclic) bond motifs is 1. The van der Waals surface area contributed by atoms with Gasteiger partial charge in [0.2, 0.25) is 5.43 Å². The number of aromatic nitrogens is 1. The molecule has 1 aromatic carbocycles. The van der Waals surface area contributed by atoms with E-state index in [-0.39, 0.29) is 22.6 Å². The molecule has 1 aliphatic carbocycles. The Morgan fingerprint density at radius 3 is 2.56 bits per heavy atom. The minimum atomic E-state index is -1.39. The lowest BCUT2D eigenvalue weighted by Gasteiger charge is -2.22. The number of carboxylic acid groups (broad SMARTS) is 1. The van der Waals surface area contributed by atoms with E-state index in [1.54, 1.807) is 4.90 Å². The molecule has 5 nitrogen and oxygen atoms in total. The van der Waals surface area contributed by atoms with Crippen LogP contribution >= 0.6 is 0 Å². The van der Waals surface area contributed by atoms with Crippen LogP contribution in [0.3, 0.4) is 0 Å². The molecule has 0 radical (unpaired) electrons. The zero-order chi connectivity index (χ0) is 17.9. The van der Waals surface area contributed by atoms with Gasteiger partial charge >= 0.3 is 5.97 Å². The maximum absolute atomic E-state index is 15.3. The standard InChI is InChI=1S/C18H18F2N2O3/c1-9-4-5-21(7-9)16-13(19)6-11-15(14(16)20)22(10-2-3-10)8-12(17(11)23)18(24)25/h6,8-10H,2-5,7H2,1H3,(H,24,25). The molecule has 2 aromatic rings. The number of pyridine rings is 1. The van der Waals surface area contributed by atoms with E-state index in [1.165, 1.54) is 10.8 Å². The van der Waals surface area contributed by atoms with Crippen molar-refractivity contribution < 1.29 is 18.7 Å². The Bertz CT molecular complexity index is 950. The van der Waals surface area contributed by atoms with E-state index in [0.717, 1.165) is 25.3 Å². The average Bonchev–Trinajstić information content (AvgIpc) is 3.30. The second-order valence-corrected chi connectivity index (χ2v) is 7.07. The molecule has 1 saturated carbocycles. The number of anilines is 1. The van der Waals surface area contributed by atoms with Crippen LogP contribution in [0.1, 0.15) is 42.6 Å². The molecule has 0 bridgehead atoms. The summed E-state index contributed by atoms with van der Waals surface area (Å²) in [6.07, 6.45) is 3.61. The normalized spacial score (nSPS) is 20.4. The van der Waals surface area contributed by atoms with Crippen LogP contribution in [-0.2, 0) is 0 Å². The van der Waals surface area contributed by atoms with Gasteiger partial charge in [0.1, 0.15) is 17.1 Å². The summed E-state index contributed by atoms with van der Waals surface area (Å²) < 4.78 is 31.4. The van der Waals surface area contributed by atoms with Crippen LogP contribution in [0.2, 0.25) is 0 Å². The van der Waals surface area contributed by atoms with Crippen LogP contribution in [0.25, 0.3) is 10.9 Å². The molecule has 0 spiro atoms. The summed E-state index contributed by atoms with van der Waals surface area (Å²) in [7, 11) is 0. The third-order valence-corrected chi connectivity index (χ3v) is 5.09. The molecular formula is C18H18F2N2O3. The van der Waals surface area contributed by atoms with Crippen molar-refractivity contribution in [3.05, 3.63) is 39.7 Å². The van der Waals surface area contributed by atoms with Crippen molar-refractivity contribution in [1.82, 2.24) is 4.57 Å². The highest BCUT2D eigenvalue weighted by Crippen LogP contribution is 2.40. The first-order valence-electron chi connectivity index (χ1n) is 8.43. The molecule has 1 aliphatic heterocycles. The average molecular weight is 348 g/mol. The Hall–Kier alpha value is -2.44. The third-order valence-electron chi connectivity index (χ3n) is 5.09. The van der Waals surface area contributed by atoms with E-state index in [0.29, 0.717) is 19.0 Å². The Morgan fingerprint density at radius 1 is 1.28 bits per heavy atom. The number of nitrogens with zero attached hydrogens (tertiary/aromatic N) is 2. The highest BCUT2D eigenvalue weighted by molar-refractivity contribution is 5.94. The van der Waals surface area contributed by atoms with Gasteiger partial charge in [-0.3, -0.25) is 4.79 Å². The first kappa shape index (κ1) is 16.1. The third kappa shape index (κ3) is 2.49. The van der Waals surface area contributed by atoms with Crippen molar-refractivity contribution in [2.24, 2.45) is 5.92 Å². The number of halogens is 2. The first-order valence-corrected chi connectivity index (χ1v) is 8.43. The molecule has 2 aliphatic rings. The lowest BCUT2D eigenvalue weighted by atomic mass is 10.1. The largest absolute Gasteiger partial charge is 0.477 e. The molecule has 7 heteroatoms. The number of carboxylic acids is 1. The fourth-order valence-electron chi connectivity index (χ4n) is 3.65. The van der Waals surface area contributed by atoms with Crippen molar-refractivity contribution in [3.8, 4) is 0 Å². The fourth-order valence-corrected chi connectivity index (χ4v) is 3.65. The Morgan fingerprint density at radius 2 is 2.00 bits per heavy atom. The summed E-state index contributed by atoms with van der Waals surface area (Å²) in [6, 6.07) is 0.941. The number of hydrogen-bond acceptors (Lipinski definition) is 3. The van der Waals surface area contributed by atoms with Gasteiger partial charge in [-0.1, -0.05) is 6.92 Å². The Labute approximate surface area is 142 Å². The number of aromatic carboxylic acids is 1. The van der Waals surface area contributed by atoms with E-state index in [9.17, 15) is 19.1 Å². The van der Waals surface area contributed by atoms with Gasteiger partial charge in [0.05, 0.1) is 10.9 Å². The van der Waals surface area contributed by atoms with Crippen molar-refractivity contribution in [1.29, 1.82) is 0 Å². The van der Waals surface area contributed by atoms with Crippen LogP contribution in [0.5, 0.6) is 0 Å². The van der Waals surface area contributed by atoms with Crippen LogP contribution in [0.4, 0.5) is 14.5 Å². The molecule has 2 fully saturated rings. The van der Waals surface area contributed by atoms with Gasteiger partial charge in [0, 0.05) is 25.3 Å². The van der Waals surface area contributed by atoms with E-state index in [1.807, 2.05) is 6.92 Å². The predicted molar refractivity (Wildman–Crippen MR) is 89.3 cm³/mol. The van der Waals surface area contributed by atoms with Gasteiger partial charge < -0.3 is 14.6 Å². The van der Waals surface area contributed by atoms with Crippen LogP contribution < -0.4 is 10.3 Å². The molecule has 1 unspecified atom stereocenters. The SMILES string of the molecule is CC1CCN(c2c(F)cc3c(=O)c(C(=O)O)cn(C4CC4)c3c2F)C1. The summed E-state index contributed by atoms with van der Waals surface area (Å²) in [5.41, 5.74) is -1.42. The lowest BCUT2D eigenvalue weighted by molar-refractivity contribution is 0.0695. The smallest absolute Gasteiger partial charge is 0.341 e. The summed E-state index contributed by atoms with van der Waals surface area (Å²) in [5.74, 6) is -2.64. The number of carbonyl (C=O) groups is 1.